The van der Waals surface area contributed by atoms with Crippen LogP contribution in [-0.2, 0) is 10.0 Å². The Hall–Kier alpha value is -1.27. The first-order chi connectivity index (χ1) is 11.2. The van der Waals surface area contributed by atoms with Gasteiger partial charge in [0.05, 0.1) is 4.90 Å². The highest BCUT2D eigenvalue weighted by atomic mass is 32.2. The molecule has 23 heavy (non-hydrogen) atoms. The van der Waals surface area contributed by atoms with Crippen molar-refractivity contribution in [1.29, 1.82) is 0 Å². The van der Waals surface area contributed by atoms with E-state index in [9.17, 15) is 8.42 Å². The van der Waals surface area contributed by atoms with E-state index in [1.165, 1.54) is 6.42 Å². The van der Waals surface area contributed by atoms with Crippen LogP contribution in [0.4, 0.5) is 0 Å². The lowest BCUT2D eigenvalue weighted by Crippen LogP contribution is -2.49. The van der Waals surface area contributed by atoms with Gasteiger partial charge in [-0.1, -0.05) is 12.8 Å². The number of hydrogen-bond acceptors (Lipinski definition) is 4. The number of rotatable bonds is 2. The molecular weight excluding hydrogens is 314 g/mol. The molecule has 0 bridgehead atoms. The van der Waals surface area contributed by atoms with Crippen LogP contribution >= 0.6 is 0 Å². The monoisotopic (exact) mass is 337 g/mol. The molecule has 4 rings (SSSR count). The first kappa shape index (κ1) is 15.3. The third-order valence-corrected chi connectivity index (χ3v) is 7.23. The van der Waals surface area contributed by atoms with Crippen molar-refractivity contribution in [3.63, 3.8) is 0 Å². The summed E-state index contributed by atoms with van der Waals surface area (Å²) in [5.41, 5.74) is 0. The molecule has 0 radical (unpaired) electrons. The summed E-state index contributed by atoms with van der Waals surface area (Å²) in [4.78, 5) is 0.327. The average Bonchev–Trinajstić information content (AvgIpc) is 2.60. The van der Waals surface area contributed by atoms with Gasteiger partial charge in [-0.3, -0.25) is 0 Å². The van der Waals surface area contributed by atoms with Gasteiger partial charge >= 0.3 is 0 Å². The molecule has 126 valence electrons. The van der Waals surface area contributed by atoms with Gasteiger partial charge in [-0.2, -0.15) is 4.31 Å². The molecule has 0 unspecified atom stereocenters. The third-order valence-electron chi connectivity index (χ3n) is 5.31. The minimum Gasteiger partial charge on any atom is -0.486 e. The van der Waals surface area contributed by atoms with Gasteiger partial charge in [0, 0.05) is 18.7 Å². The average molecular weight is 337 g/mol. The van der Waals surface area contributed by atoms with Gasteiger partial charge in [0.1, 0.15) is 13.2 Å². The van der Waals surface area contributed by atoms with Crippen molar-refractivity contribution < 1.29 is 17.9 Å². The first-order valence-electron chi connectivity index (χ1n) is 8.58. The van der Waals surface area contributed by atoms with Gasteiger partial charge in [-0.25, -0.2) is 8.42 Å². The lowest BCUT2D eigenvalue weighted by Gasteiger charge is -2.43. The lowest BCUT2D eigenvalue weighted by molar-refractivity contribution is 0.129. The molecule has 0 aromatic heterocycles. The van der Waals surface area contributed by atoms with Crippen molar-refractivity contribution in [2.45, 2.75) is 49.5 Å². The van der Waals surface area contributed by atoms with Crippen molar-refractivity contribution in [3.05, 3.63) is 18.2 Å². The second-order valence-corrected chi connectivity index (χ2v) is 8.57. The van der Waals surface area contributed by atoms with Crippen LogP contribution in [-0.4, -0.2) is 38.5 Å². The van der Waals surface area contributed by atoms with Gasteiger partial charge in [0.2, 0.25) is 10.0 Å². The van der Waals surface area contributed by atoms with E-state index < -0.39 is 10.0 Å². The Bertz CT molecular complexity index is 686. The molecule has 2 atom stereocenters. The number of benzene rings is 1. The van der Waals surface area contributed by atoms with E-state index in [1.807, 2.05) is 0 Å². The molecule has 5 nitrogen and oxygen atoms in total. The summed E-state index contributed by atoms with van der Waals surface area (Å²) in [7, 11) is -3.47. The van der Waals surface area contributed by atoms with Gasteiger partial charge in [-0.15, -0.1) is 0 Å². The van der Waals surface area contributed by atoms with Crippen LogP contribution in [0.15, 0.2) is 23.1 Å². The molecule has 0 amide bonds. The largest absolute Gasteiger partial charge is 0.486 e. The normalized spacial score (nSPS) is 28.2. The van der Waals surface area contributed by atoms with Crippen molar-refractivity contribution >= 4 is 10.0 Å². The predicted octanol–water partition coefficient (Wildman–Crippen LogP) is 2.80. The highest BCUT2D eigenvalue weighted by Gasteiger charge is 2.40. The van der Waals surface area contributed by atoms with Crippen molar-refractivity contribution in [2.75, 3.05) is 19.8 Å². The van der Waals surface area contributed by atoms with Crippen LogP contribution < -0.4 is 9.47 Å². The van der Waals surface area contributed by atoms with E-state index >= 15 is 0 Å². The van der Waals surface area contributed by atoms with Gasteiger partial charge in [0.15, 0.2) is 11.5 Å². The molecule has 1 saturated carbocycles. The Balaban J connectivity index is 1.66. The first-order valence-corrected chi connectivity index (χ1v) is 10.0. The van der Waals surface area contributed by atoms with Crippen molar-refractivity contribution in [3.8, 4) is 11.5 Å². The lowest BCUT2D eigenvalue weighted by atomic mass is 9.79. The molecule has 0 spiro atoms. The molecule has 1 aromatic rings. The Kier molecular flexibility index (Phi) is 3.97. The summed E-state index contributed by atoms with van der Waals surface area (Å²) >= 11 is 0. The number of nitrogens with zero attached hydrogens (tertiary/aromatic N) is 1. The van der Waals surface area contributed by atoms with E-state index in [-0.39, 0.29) is 6.04 Å². The Labute approximate surface area is 137 Å². The minimum atomic E-state index is -3.47. The predicted molar refractivity (Wildman–Crippen MR) is 86.3 cm³/mol. The zero-order valence-electron chi connectivity index (χ0n) is 13.2. The van der Waals surface area contributed by atoms with Crippen LogP contribution in [0.25, 0.3) is 0 Å². The topological polar surface area (TPSA) is 55.8 Å². The zero-order chi connectivity index (χ0) is 15.9. The van der Waals surface area contributed by atoms with E-state index in [0.29, 0.717) is 42.1 Å². The summed E-state index contributed by atoms with van der Waals surface area (Å²) in [5.74, 6) is 1.70. The van der Waals surface area contributed by atoms with Gasteiger partial charge in [-0.05, 0) is 43.7 Å². The van der Waals surface area contributed by atoms with E-state index in [4.69, 9.17) is 9.47 Å². The number of sulfonamides is 1. The highest BCUT2D eigenvalue weighted by molar-refractivity contribution is 7.89. The maximum atomic E-state index is 13.2. The van der Waals surface area contributed by atoms with Crippen LogP contribution in [0.2, 0.25) is 0 Å². The van der Waals surface area contributed by atoms with Gasteiger partial charge in [0.25, 0.3) is 0 Å². The summed E-state index contributed by atoms with van der Waals surface area (Å²) in [6.45, 7) is 1.61. The molecule has 1 aliphatic carbocycles. The number of hydrogen-bond donors (Lipinski definition) is 0. The van der Waals surface area contributed by atoms with Gasteiger partial charge < -0.3 is 9.47 Å². The molecule has 2 fully saturated rings. The molecule has 0 N–H and O–H groups in total. The third kappa shape index (κ3) is 2.72. The van der Waals surface area contributed by atoms with Crippen LogP contribution in [0.1, 0.15) is 38.5 Å². The minimum absolute atomic E-state index is 0.177. The fourth-order valence-corrected chi connectivity index (χ4v) is 5.97. The summed E-state index contributed by atoms with van der Waals surface area (Å²) in [5, 5.41) is 0. The Morgan fingerprint density at radius 1 is 0.957 bits per heavy atom. The second kappa shape index (κ2) is 5.98. The molecule has 1 aromatic carbocycles. The molecule has 3 aliphatic rings. The van der Waals surface area contributed by atoms with Crippen molar-refractivity contribution in [2.24, 2.45) is 5.92 Å². The fourth-order valence-electron chi connectivity index (χ4n) is 4.20. The molecular formula is C17H23NO4S. The Morgan fingerprint density at radius 2 is 1.70 bits per heavy atom. The zero-order valence-corrected chi connectivity index (χ0v) is 14.1. The molecule has 6 heteroatoms. The maximum absolute atomic E-state index is 13.2. The standard InChI is InChI=1S/C17H23NO4S/c19-23(20,14-7-8-16-17(12-14)22-11-10-21-16)18-9-3-5-13-4-1-2-6-15(13)18/h7-8,12-13,15H,1-6,9-11H2/t13-,15-/m0/s1. The van der Waals surface area contributed by atoms with Crippen molar-refractivity contribution in [1.82, 2.24) is 4.31 Å². The maximum Gasteiger partial charge on any atom is 0.243 e. The Morgan fingerprint density at radius 3 is 2.57 bits per heavy atom. The van der Waals surface area contributed by atoms with Crippen LogP contribution in [0.5, 0.6) is 11.5 Å². The summed E-state index contributed by atoms with van der Waals surface area (Å²) in [6.07, 6.45) is 6.66. The smallest absolute Gasteiger partial charge is 0.243 e. The SMILES string of the molecule is O=S(=O)(c1ccc2c(c1)OCCO2)N1CCC[C@@H]2CCCC[C@@H]21. The molecule has 2 aliphatic heterocycles. The number of ether oxygens (including phenoxy) is 2. The van der Waals surface area contributed by atoms with Crippen LogP contribution in [0, 0.1) is 5.92 Å². The quantitative estimate of drug-likeness (QED) is 0.833. The number of fused-ring (bicyclic) bond motifs is 2. The van der Waals surface area contributed by atoms with E-state index in [0.717, 1.165) is 32.1 Å². The summed E-state index contributed by atoms with van der Waals surface area (Å²) in [6, 6.07) is 5.16. The number of piperidine rings is 1. The highest BCUT2D eigenvalue weighted by Crippen LogP contribution is 2.39. The van der Waals surface area contributed by atoms with E-state index in [2.05, 4.69) is 0 Å². The molecule has 1 saturated heterocycles. The molecule has 2 heterocycles. The fraction of sp³-hybridized carbons (Fsp3) is 0.647. The van der Waals surface area contributed by atoms with Crippen LogP contribution in [0.3, 0.4) is 0 Å². The summed E-state index contributed by atoms with van der Waals surface area (Å²) < 4.78 is 39.1. The van der Waals surface area contributed by atoms with E-state index in [1.54, 1.807) is 22.5 Å². The second-order valence-electron chi connectivity index (χ2n) is 6.68.